The van der Waals surface area contributed by atoms with Gasteiger partial charge < -0.3 is 10.0 Å². The van der Waals surface area contributed by atoms with Gasteiger partial charge in [-0.3, -0.25) is 4.40 Å². The Morgan fingerprint density at radius 1 is 1.30 bits per heavy atom. The summed E-state index contributed by atoms with van der Waals surface area (Å²) in [4.78, 5) is 6.72. The van der Waals surface area contributed by atoms with Gasteiger partial charge in [-0.05, 0) is 54.7 Å². The molecular formula is C23H20ClN5O. The number of halogens is 1. The van der Waals surface area contributed by atoms with Gasteiger partial charge in [0.2, 0.25) is 0 Å². The molecule has 7 heteroatoms. The maximum Gasteiger partial charge on any atom is 0.257 e. The van der Waals surface area contributed by atoms with Crippen molar-refractivity contribution in [1.29, 1.82) is 0 Å². The molecule has 1 fully saturated rings. The van der Waals surface area contributed by atoms with E-state index in [1.54, 1.807) is 6.33 Å². The van der Waals surface area contributed by atoms with Gasteiger partial charge in [0.25, 0.3) is 5.78 Å². The lowest BCUT2D eigenvalue weighted by atomic mass is 9.90. The topological polar surface area (TPSA) is 66.5 Å². The quantitative estimate of drug-likeness (QED) is 0.497. The third-order valence-electron chi connectivity index (χ3n) is 5.79. The van der Waals surface area contributed by atoms with E-state index in [-0.39, 0.29) is 5.92 Å². The number of nitrogens with zero attached hydrogens (tertiary/aromatic N) is 5. The minimum absolute atomic E-state index is 0.189. The van der Waals surface area contributed by atoms with Crippen molar-refractivity contribution in [3.63, 3.8) is 0 Å². The first-order valence-electron chi connectivity index (χ1n) is 9.80. The molecule has 0 amide bonds. The predicted molar refractivity (Wildman–Crippen MR) is 118 cm³/mol. The van der Waals surface area contributed by atoms with E-state index in [0.717, 1.165) is 40.8 Å². The van der Waals surface area contributed by atoms with Gasteiger partial charge in [0.1, 0.15) is 17.7 Å². The highest BCUT2D eigenvalue weighted by atomic mass is 35.5. The van der Waals surface area contributed by atoms with Crippen molar-refractivity contribution < 1.29 is 5.11 Å². The summed E-state index contributed by atoms with van der Waals surface area (Å²) in [6, 6.07) is 13.7. The number of fused-ring (bicyclic) bond motifs is 3. The Morgan fingerprint density at radius 3 is 2.90 bits per heavy atom. The maximum atomic E-state index is 10.8. The van der Waals surface area contributed by atoms with Crippen LogP contribution >= 0.6 is 11.6 Å². The second kappa shape index (κ2) is 6.98. The second-order valence-electron chi connectivity index (χ2n) is 7.85. The normalized spacial score (nSPS) is 15.8. The molecule has 4 aromatic rings. The fraction of sp³-hybridized carbons (Fsp3) is 0.261. The first kappa shape index (κ1) is 18.9. The van der Waals surface area contributed by atoms with Crippen LogP contribution in [0.1, 0.15) is 18.4 Å². The zero-order valence-electron chi connectivity index (χ0n) is 16.5. The molecule has 150 valence electrons. The molecule has 6 nitrogen and oxygen atoms in total. The molecule has 30 heavy (non-hydrogen) atoms. The minimum atomic E-state index is -1.08. The van der Waals surface area contributed by atoms with Crippen molar-refractivity contribution >= 4 is 39.8 Å². The Labute approximate surface area is 179 Å². The van der Waals surface area contributed by atoms with Gasteiger partial charge in [-0.1, -0.05) is 29.7 Å². The van der Waals surface area contributed by atoms with E-state index in [0.29, 0.717) is 17.2 Å². The number of hydrogen-bond donors (Lipinski definition) is 1. The zero-order valence-corrected chi connectivity index (χ0v) is 17.2. The zero-order chi connectivity index (χ0) is 20.9. The van der Waals surface area contributed by atoms with Gasteiger partial charge in [-0.25, -0.2) is 0 Å². The van der Waals surface area contributed by atoms with Crippen LogP contribution in [-0.4, -0.2) is 37.3 Å². The van der Waals surface area contributed by atoms with E-state index < -0.39 is 5.60 Å². The van der Waals surface area contributed by atoms with Crippen molar-refractivity contribution in [1.82, 2.24) is 19.6 Å². The lowest BCUT2D eigenvalue weighted by Crippen LogP contribution is -2.32. The average Bonchev–Trinajstić information content (AvgIpc) is 3.51. The first-order valence-corrected chi connectivity index (χ1v) is 10.2. The highest BCUT2D eigenvalue weighted by Gasteiger charge is 2.42. The first-order chi connectivity index (χ1) is 14.5. The maximum absolute atomic E-state index is 10.8. The van der Waals surface area contributed by atoms with Crippen LogP contribution in [0.15, 0.2) is 48.8 Å². The van der Waals surface area contributed by atoms with E-state index in [1.165, 1.54) is 0 Å². The van der Waals surface area contributed by atoms with E-state index in [2.05, 4.69) is 16.1 Å². The number of terminal acetylenes is 1. The summed E-state index contributed by atoms with van der Waals surface area (Å²) in [6.45, 7) is 0. The third kappa shape index (κ3) is 3.17. The molecule has 5 rings (SSSR count). The van der Waals surface area contributed by atoms with Crippen molar-refractivity contribution in [2.45, 2.75) is 24.9 Å². The molecule has 0 radical (unpaired) electrons. The summed E-state index contributed by atoms with van der Waals surface area (Å²) < 4.78 is 1.82. The summed E-state index contributed by atoms with van der Waals surface area (Å²) >= 11 is 6.23. The molecule has 1 atom stereocenters. The van der Waals surface area contributed by atoms with Crippen LogP contribution < -0.4 is 4.90 Å². The van der Waals surface area contributed by atoms with Crippen molar-refractivity contribution in [3.05, 3.63) is 59.4 Å². The van der Waals surface area contributed by atoms with Crippen LogP contribution in [0.2, 0.25) is 5.02 Å². The summed E-state index contributed by atoms with van der Waals surface area (Å²) in [7, 11) is 1.95. The predicted octanol–water partition coefficient (Wildman–Crippen LogP) is 4.02. The molecule has 2 aromatic heterocycles. The fourth-order valence-electron chi connectivity index (χ4n) is 3.96. The van der Waals surface area contributed by atoms with Crippen LogP contribution in [0.4, 0.5) is 11.5 Å². The van der Waals surface area contributed by atoms with Crippen molar-refractivity contribution in [3.8, 4) is 12.3 Å². The van der Waals surface area contributed by atoms with Gasteiger partial charge in [-0.15, -0.1) is 16.6 Å². The summed E-state index contributed by atoms with van der Waals surface area (Å²) in [5.74, 6) is 4.05. The molecule has 1 aliphatic rings. The Kier molecular flexibility index (Phi) is 4.39. The number of hydrogen-bond acceptors (Lipinski definition) is 5. The highest BCUT2D eigenvalue weighted by molar-refractivity contribution is 6.31. The van der Waals surface area contributed by atoms with Gasteiger partial charge in [0.05, 0.1) is 5.52 Å². The number of rotatable bonds is 5. The Hall–Kier alpha value is -3.14. The molecule has 2 heterocycles. The van der Waals surface area contributed by atoms with Crippen molar-refractivity contribution in [2.24, 2.45) is 5.92 Å². The average molecular weight is 418 g/mol. The molecule has 0 aliphatic heterocycles. The molecule has 1 saturated carbocycles. The Balaban J connectivity index is 1.57. The number of aromatic nitrogens is 4. The SMILES string of the molecule is C#CC(O)(Cc1cccc(N(C)c2nc3nncn3c3cc(Cl)ccc23)c1)C1CC1. The standard InChI is InChI=1S/C23H20ClN5O/c1-3-23(30,16-7-8-16)13-15-5-4-6-18(11-15)28(2)21-19-10-9-17(24)12-20(19)29-14-25-27-22(29)26-21/h1,4-6,9-12,14,16,30H,7-8,13H2,2H3. The van der Waals surface area contributed by atoms with Gasteiger partial charge in [0, 0.05) is 29.6 Å². The molecule has 0 bridgehead atoms. The van der Waals surface area contributed by atoms with Gasteiger partial charge in [0.15, 0.2) is 0 Å². The van der Waals surface area contributed by atoms with Gasteiger partial charge >= 0.3 is 0 Å². The molecule has 1 aliphatic carbocycles. The van der Waals surface area contributed by atoms with Crippen molar-refractivity contribution in [2.75, 3.05) is 11.9 Å². The van der Waals surface area contributed by atoms with Crippen LogP contribution in [0, 0.1) is 18.3 Å². The smallest absolute Gasteiger partial charge is 0.257 e. The van der Waals surface area contributed by atoms with E-state index in [1.807, 2.05) is 58.8 Å². The summed E-state index contributed by atoms with van der Waals surface area (Å²) in [5, 5.41) is 20.5. The molecule has 1 unspecified atom stereocenters. The minimum Gasteiger partial charge on any atom is -0.377 e. The number of anilines is 2. The molecule has 0 spiro atoms. The second-order valence-corrected chi connectivity index (χ2v) is 8.28. The summed E-state index contributed by atoms with van der Waals surface area (Å²) in [5.41, 5.74) is 1.73. The Bertz CT molecular complexity index is 1310. The fourth-order valence-corrected chi connectivity index (χ4v) is 4.13. The van der Waals surface area contributed by atoms with E-state index in [9.17, 15) is 5.11 Å². The molecule has 2 aromatic carbocycles. The molecule has 1 N–H and O–H groups in total. The number of aliphatic hydroxyl groups is 1. The van der Waals surface area contributed by atoms with Crippen LogP contribution in [-0.2, 0) is 6.42 Å². The highest BCUT2D eigenvalue weighted by Crippen LogP contribution is 2.41. The number of benzene rings is 2. The van der Waals surface area contributed by atoms with E-state index >= 15 is 0 Å². The van der Waals surface area contributed by atoms with Crippen LogP contribution in [0.3, 0.4) is 0 Å². The Morgan fingerprint density at radius 2 is 2.13 bits per heavy atom. The third-order valence-corrected chi connectivity index (χ3v) is 6.02. The summed E-state index contributed by atoms with van der Waals surface area (Å²) in [6.07, 6.45) is 9.68. The van der Waals surface area contributed by atoms with Crippen LogP contribution in [0.25, 0.3) is 16.7 Å². The van der Waals surface area contributed by atoms with Crippen LogP contribution in [0.5, 0.6) is 0 Å². The lowest BCUT2D eigenvalue weighted by Gasteiger charge is -2.24. The lowest BCUT2D eigenvalue weighted by molar-refractivity contribution is 0.0783. The van der Waals surface area contributed by atoms with Gasteiger partial charge in [-0.2, -0.15) is 4.98 Å². The monoisotopic (exact) mass is 417 g/mol. The molecule has 0 saturated heterocycles. The largest absolute Gasteiger partial charge is 0.377 e. The molecular weight excluding hydrogens is 398 g/mol. The van der Waals surface area contributed by atoms with E-state index in [4.69, 9.17) is 23.0 Å².